The average molecular weight is 297 g/mol. The van der Waals surface area contributed by atoms with E-state index in [4.69, 9.17) is 5.11 Å². The number of aromatic nitrogens is 1. The summed E-state index contributed by atoms with van der Waals surface area (Å²) in [6.07, 6.45) is 0.399. The molecular weight excluding hydrogens is 286 g/mol. The molecule has 0 aromatic carbocycles. The SMILES string of the molecule is CN1C(=O)CCC(NC(=O)c2nc(C(=O)O)cs2)C1=O. The molecule has 1 aliphatic heterocycles. The molecule has 1 aliphatic rings. The third kappa shape index (κ3) is 2.67. The topological polar surface area (TPSA) is 117 Å². The van der Waals surface area contributed by atoms with Gasteiger partial charge in [-0.3, -0.25) is 19.3 Å². The Bertz CT molecular complexity index is 597. The van der Waals surface area contributed by atoms with Crippen molar-refractivity contribution >= 4 is 35.0 Å². The van der Waals surface area contributed by atoms with Crippen LogP contribution >= 0.6 is 11.3 Å². The van der Waals surface area contributed by atoms with Crippen LogP contribution in [0.5, 0.6) is 0 Å². The minimum Gasteiger partial charge on any atom is -0.476 e. The number of thiazole rings is 1. The molecule has 9 heteroatoms. The summed E-state index contributed by atoms with van der Waals surface area (Å²) < 4.78 is 0. The predicted octanol–water partition coefficient (Wildman–Crippen LogP) is -0.281. The van der Waals surface area contributed by atoms with E-state index in [1.54, 1.807) is 0 Å². The van der Waals surface area contributed by atoms with Crippen LogP contribution in [-0.2, 0) is 9.59 Å². The number of rotatable bonds is 3. The molecule has 0 aliphatic carbocycles. The fourth-order valence-electron chi connectivity index (χ4n) is 1.75. The van der Waals surface area contributed by atoms with Crippen molar-refractivity contribution in [2.24, 2.45) is 0 Å². The highest BCUT2D eigenvalue weighted by Crippen LogP contribution is 2.14. The number of likely N-dealkylation sites (N-methyl/N-ethyl adjacent to an activating group) is 1. The maximum atomic E-state index is 11.9. The van der Waals surface area contributed by atoms with Crippen LogP contribution in [-0.4, -0.2) is 51.8 Å². The number of carbonyl (C=O) groups is 4. The van der Waals surface area contributed by atoms with Crippen molar-refractivity contribution in [3.63, 3.8) is 0 Å². The van der Waals surface area contributed by atoms with Gasteiger partial charge in [-0.2, -0.15) is 0 Å². The minimum atomic E-state index is -1.22. The Morgan fingerprint density at radius 2 is 2.20 bits per heavy atom. The molecule has 2 rings (SSSR count). The van der Waals surface area contributed by atoms with Gasteiger partial charge in [0.1, 0.15) is 6.04 Å². The number of imide groups is 1. The third-order valence-corrected chi connectivity index (χ3v) is 3.71. The van der Waals surface area contributed by atoms with Gasteiger partial charge >= 0.3 is 5.97 Å². The van der Waals surface area contributed by atoms with Crippen molar-refractivity contribution in [1.29, 1.82) is 0 Å². The number of nitrogens with zero attached hydrogens (tertiary/aromatic N) is 2. The second-order valence-electron chi connectivity index (χ2n) is 4.20. The second kappa shape index (κ2) is 5.37. The van der Waals surface area contributed by atoms with Gasteiger partial charge in [0.05, 0.1) is 0 Å². The molecule has 0 bridgehead atoms. The van der Waals surface area contributed by atoms with Gasteiger partial charge in [-0.15, -0.1) is 11.3 Å². The quantitative estimate of drug-likeness (QED) is 0.741. The fourth-order valence-corrected chi connectivity index (χ4v) is 2.44. The van der Waals surface area contributed by atoms with Gasteiger partial charge in [-0.05, 0) is 6.42 Å². The summed E-state index contributed by atoms with van der Waals surface area (Å²) in [5.41, 5.74) is -0.220. The standard InChI is InChI=1S/C11H11N3O5S/c1-14-7(15)3-2-5(10(14)17)12-8(16)9-13-6(4-20-9)11(18)19/h4-5H,2-3H2,1H3,(H,12,16)(H,18,19). The van der Waals surface area contributed by atoms with Gasteiger partial charge in [-0.25, -0.2) is 9.78 Å². The average Bonchev–Trinajstić information content (AvgIpc) is 2.89. The number of piperidine rings is 1. The third-order valence-electron chi connectivity index (χ3n) is 2.87. The Balaban J connectivity index is 2.05. The number of carbonyl (C=O) groups excluding carboxylic acids is 3. The summed E-state index contributed by atoms with van der Waals surface area (Å²) in [5, 5.41) is 12.4. The Labute approximate surface area is 117 Å². The number of carboxylic acid groups (broad SMARTS) is 1. The molecule has 1 atom stereocenters. The molecular formula is C11H11N3O5S. The Morgan fingerprint density at radius 3 is 2.80 bits per heavy atom. The number of hydrogen-bond acceptors (Lipinski definition) is 6. The molecule has 1 aromatic heterocycles. The van der Waals surface area contributed by atoms with E-state index in [0.29, 0.717) is 0 Å². The van der Waals surface area contributed by atoms with Crippen LogP contribution in [0.4, 0.5) is 0 Å². The zero-order valence-corrected chi connectivity index (χ0v) is 11.3. The first kappa shape index (κ1) is 14.1. The molecule has 1 fully saturated rings. The molecule has 20 heavy (non-hydrogen) atoms. The Kier molecular flexibility index (Phi) is 3.79. The number of hydrogen-bond donors (Lipinski definition) is 2. The molecule has 106 valence electrons. The zero-order chi connectivity index (χ0) is 14.9. The van der Waals surface area contributed by atoms with Crippen molar-refractivity contribution in [3.05, 3.63) is 16.1 Å². The molecule has 0 radical (unpaired) electrons. The van der Waals surface area contributed by atoms with E-state index in [1.807, 2.05) is 0 Å². The van der Waals surface area contributed by atoms with Gasteiger partial charge in [0.15, 0.2) is 10.7 Å². The van der Waals surface area contributed by atoms with Crippen LogP contribution in [0, 0.1) is 0 Å². The molecule has 0 saturated carbocycles. The van der Waals surface area contributed by atoms with Gasteiger partial charge in [0.25, 0.3) is 11.8 Å². The van der Waals surface area contributed by atoms with Gasteiger partial charge < -0.3 is 10.4 Å². The minimum absolute atomic E-state index is 0.0326. The number of amides is 3. The van der Waals surface area contributed by atoms with Crippen LogP contribution in [0.2, 0.25) is 0 Å². The van der Waals surface area contributed by atoms with Gasteiger partial charge in [-0.1, -0.05) is 0 Å². The highest BCUT2D eigenvalue weighted by Gasteiger charge is 2.33. The molecule has 1 aromatic rings. The summed E-state index contributed by atoms with van der Waals surface area (Å²) in [4.78, 5) is 50.3. The van der Waals surface area contributed by atoms with E-state index in [-0.39, 0.29) is 29.5 Å². The number of likely N-dealkylation sites (tertiary alicyclic amines) is 1. The molecule has 1 saturated heterocycles. The van der Waals surface area contributed by atoms with Crippen LogP contribution in [0.3, 0.4) is 0 Å². The Hall–Kier alpha value is -2.29. The molecule has 1 unspecified atom stereocenters. The van der Waals surface area contributed by atoms with Crippen LogP contribution in [0.15, 0.2) is 5.38 Å². The second-order valence-corrected chi connectivity index (χ2v) is 5.06. The molecule has 3 amide bonds. The van der Waals surface area contributed by atoms with E-state index >= 15 is 0 Å². The van der Waals surface area contributed by atoms with Crippen molar-refractivity contribution in [2.75, 3.05) is 7.05 Å². The molecule has 0 spiro atoms. The summed E-state index contributed by atoms with van der Waals surface area (Å²) in [6, 6.07) is -0.789. The van der Waals surface area contributed by atoms with Crippen LogP contribution < -0.4 is 5.32 Å². The first-order valence-corrected chi connectivity index (χ1v) is 6.58. The van der Waals surface area contributed by atoms with E-state index in [0.717, 1.165) is 16.2 Å². The number of nitrogens with one attached hydrogen (secondary N) is 1. The lowest BCUT2D eigenvalue weighted by Gasteiger charge is -2.27. The van der Waals surface area contributed by atoms with E-state index in [2.05, 4.69) is 10.3 Å². The lowest BCUT2D eigenvalue weighted by Crippen LogP contribution is -2.52. The van der Waals surface area contributed by atoms with Gasteiger partial charge in [0.2, 0.25) is 5.91 Å². The number of carboxylic acids is 1. The van der Waals surface area contributed by atoms with Crippen molar-refractivity contribution in [1.82, 2.24) is 15.2 Å². The highest BCUT2D eigenvalue weighted by molar-refractivity contribution is 7.11. The Morgan fingerprint density at radius 1 is 1.50 bits per heavy atom. The summed E-state index contributed by atoms with van der Waals surface area (Å²) in [5.74, 6) is -2.62. The van der Waals surface area contributed by atoms with Crippen molar-refractivity contribution < 1.29 is 24.3 Å². The lowest BCUT2D eigenvalue weighted by atomic mass is 10.0. The van der Waals surface area contributed by atoms with Crippen LogP contribution in [0.25, 0.3) is 0 Å². The van der Waals surface area contributed by atoms with Crippen LogP contribution in [0.1, 0.15) is 33.1 Å². The summed E-state index contributed by atoms with van der Waals surface area (Å²) >= 11 is 0.881. The van der Waals surface area contributed by atoms with Crippen molar-refractivity contribution in [3.8, 4) is 0 Å². The predicted molar refractivity (Wildman–Crippen MR) is 67.3 cm³/mol. The molecule has 8 nitrogen and oxygen atoms in total. The maximum Gasteiger partial charge on any atom is 0.355 e. The number of aromatic carboxylic acids is 1. The molecule has 2 N–H and O–H groups in total. The summed E-state index contributed by atoms with van der Waals surface area (Å²) in [7, 11) is 1.36. The largest absolute Gasteiger partial charge is 0.476 e. The smallest absolute Gasteiger partial charge is 0.355 e. The van der Waals surface area contributed by atoms with E-state index in [1.165, 1.54) is 12.4 Å². The first-order valence-electron chi connectivity index (χ1n) is 5.70. The maximum absolute atomic E-state index is 11.9. The normalized spacial score (nSPS) is 19.1. The first-order chi connectivity index (χ1) is 9.40. The fraction of sp³-hybridized carbons (Fsp3) is 0.364. The van der Waals surface area contributed by atoms with Crippen molar-refractivity contribution in [2.45, 2.75) is 18.9 Å². The molecule has 2 heterocycles. The summed E-state index contributed by atoms with van der Waals surface area (Å²) in [6.45, 7) is 0. The van der Waals surface area contributed by atoms with E-state index < -0.39 is 23.8 Å². The van der Waals surface area contributed by atoms with E-state index in [9.17, 15) is 19.2 Å². The lowest BCUT2D eigenvalue weighted by molar-refractivity contribution is -0.147. The van der Waals surface area contributed by atoms with Gasteiger partial charge in [0, 0.05) is 18.8 Å². The highest BCUT2D eigenvalue weighted by atomic mass is 32.1. The zero-order valence-electron chi connectivity index (χ0n) is 10.5. The monoisotopic (exact) mass is 297 g/mol.